The van der Waals surface area contributed by atoms with E-state index in [9.17, 15) is 14.0 Å². The monoisotopic (exact) mass is 416 g/mol. The molecule has 0 spiro atoms. The van der Waals surface area contributed by atoms with E-state index >= 15 is 0 Å². The van der Waals surface area contributed by atoms with Gasteiger partial charge in [0.25, 0.3) is 0 Å². The smallest absolute Gasteiger partial charge is 0.407 e. The number of carbonyl (C=O) groups is 2. The maximum Gasteiger partial charge on any atom is 0.407 e. The summed E-state index contributed by atoms with van der Waals surface area (Å²) in [5, 5.41) is 2.80. The normalized spacial score (nSPS) is 17.4. The fraction of sp³-hybridized carbons (Fsp3) is 0.529. The van der Waals surface area contributed by atoms with E-state index < -0.39 is 23.5 Å². The molecule has 1 fully saturated rings. The van der Waals surface area contributed by atoms with Crippen LogP contribution in [-0.2, 0) is 9.47 Å². The number of anilines is 1. The van der Waals surface area contributed by atoms with Crippen molar-refractivity contribution in [3.63, 3.8) is 0 Å². The number of benzene rings is 1. The topological polar surface area (TPSA) is 67.9 Å². The maximum atomic E-state index is 14.2. The molecule has 6 nitrogen and oxygen atoms in total. The van der Waals surface area contributed by atoms with Gasteiger partial charge in [0.05, 0.1) is 18.8 Å². The van der Waals surface area contributed by atoms with Gasteiger partial charge in [0, 0.05) is 17.6 Å². The van der Waals surface area contributed by atoms with Crippen LogP contribution in [0.25, 0.3) is 0 Å². The summed E-state index contributed by atoms with van der Waals surface area (Å²) in [4.78, 5) is 25.7. The number of hydrogen-bond donors (Lipinski definition) is 1. The Kier molecular flexibility index (Phi) is 5.92. The molecule has 1 aliphatic heterocycles. The molecule has 0 aromatic heterocycles. The number of carbonyl (C=O) groups excluding carboxylic acids is 2. The molecule has 1 aromatic carbocycles. The highest BCUT2D eigenvalue weighted by atomic mass is 79.9. The predicted octanol–water partition coefficient (Wildman–Crippen LogP) is 3.48. The Hall–Kier alpha value is -1.83. The number of methoxy groups -OCH3 is 1. The lowest BCUT2D eigenvalue weighted by Crippen LogP contribution is -2.40. The largest absolute Gasteiger partial charge is 0.465 e. The molecule has 0 aliphatic carbocycles. The molecule has 25 heavy (non-hydrogen) atoms. The second-order valence-electron chi connectivity index (χ2n) is 6.85. The van der Waals surface area contributed by atoms with Crippen LogP contribution in [0.4, 0.5) is 14.9 Å². The Morgan fingerprint density at radius 3 is 2.64 bits per heavy atom. The fourth-order valence-corrected chi connectivity index (χ4v) is 3.10. The third-order valence-corrected chi connectivity index (χ3v) is 4.13. The molecule has 1 amide bonds. The minimum absolute atomic E-state index is 0.108. The zero-order valence-electron chi connectivity index (χ0n) is 14.7. The highest BCUT2D eigenvalue weighted by Gasteiger charge is 2.30. The van der Waals surface area contributed by atoms with Gasteiger partial charge in [-0.05, 0) is 39.3 Å². The molecule has 1 saturated heterocycles. The van der Waals surface area contributed by atoms with Gasteiger partial charge < -0.3 is 19.7 Å². The van der Waals surface area contributed by atoms with Crippen molar-refractivity contribution in [1.82, 2.24) is 5.32 Å². The molecule has 1 aromatic rings. The number of alkyl carbamates (subject to hydrolysis) is 1. The van der Waals surface area contributed by atoms with Gasteiger partial charge in [0.2, 0.25) is 0 Å². The summed E-state index contributed by atoms with van der Waals surface area (Å²) in [6, 6.07) is 2.75. The van der Waals surface area contributed by atoms with Gasteiger partial charge in [-0.1, -0.05) is 15.9 Å². The molecule has 1 atom stereocenters. The minimum atomic E-state index is -0.733. The Balaban J connectivity index is 2.14. The number of rotatable bonds is 3. The van der Waals surface area contributed by atoms with Crippen molar-refractivity contribution in [2.45, 2.75) is 38.8 Å². The van der Waals surface area contributed by atoms with Crippen LogP contribution in [0, 0.1) is 5.82 Å². The van der Waals surface area contributed by atoms with Crippen molar-refractivity contribution in [1.29, 1.82) is 0 Å². The summed E-state index contributed by atoms with van der Waals surface area (Å²) < 4.78 is 24.7. The van der Waals surface area contributed by atoms with E-state index in [-0.39, 0.29) is 11.6 Å². The number of halogens is 2. The first kappa shape index (κ1) is 19.5. The number of amides is 1. The fourth-order valence-electron chi connectivity index (χ4n) is 2.68. The molecule has 138 valence electrons. The predicted molar refractivity (Wildman–Crippen MR) is 95.4 cm³/mol. The summed E-state index contributed by atoms with van der Waals surface area (Å²) in [7, 11) is 1.21. The van der Waals surface area contributed by atoms with Crippen molar-refractivity contribution in [2.24, 2.45) is 0 Å². The van der Waals surface area contributed by atoms with Crippen LogP contribution < -0.4 is 10.2 Å². The third-order valence-electron chi connectivity index (χ3n) is 3.67. The zero-order chi connectivity index (χ0) is 18.8. The first-order chi connectivity index (χ1) is 11.6. The highest BCUT2D eigenvalue weighted by Crippen LogP contribution is 2.31. The highest BCUT2D eigenvalue weighted by molar-refractivity contribution is 9.10. The van der Waals surface area contributed by atoms with E-state index in [1.54, 1.807) is 26.8 Å². The van der Waals surface area contributed by atoms with Gasteiger partial charge in [-0.3, -0.25) is 0 Å². The van der Waals surface area contributed by atoms with Crippen molar-refractivity contribution in [2.75, 3.05) is 25.1 Å². The lowest BCUT2D eigenvalue weighted by Gasteiger charge is -2.23. The molecular weight excluding hydrogens is 395 g/mol. The third kappa shape index (κ3) is 5.07. The van der Waals surface area contributed by atoms with E-state index in [1.807, 2.05) is 4.90 Å². The Bertz CT molecular complexity index is 675. The van der Waals surface area contributed by atoms with E-state index in [0.29, 0.717) is 29.7 Å². The average Bonchev–Trinajstić information content (AvgIpc) is 2.91. The van der Waals surface area contributed by atoms with E-state index in [0.717, 1.165) is 0 Å². The second kappa shape index (κ2) is 7.59. The van der Waals surface area contributed by atoms with Gasteiger partial charge in [-0.15, -0.1) is 0 Å². The van der Waals surface area contributed by atoms with Crippen LogP contribution in [-0.4, -0.2) is 43.9 Å². The molecule has 1 unspecified atom stereocenters. The lowest BCUT2D eigenvalue weighted by atomic mass is 10.1. The molecule has 1 N–H and O–H groups in total. The Morgan fingerprint density at radius 2 is 2.04 bits per heavy atom. The number of hydrogen-bond acceptors (Lipinski definition) is 5. The molecule has 1 aliphatic rings. The van der Waals surface area contributed by atoms with Gasteiger partial charge >= 0.3 is 12.1 Å². The van der Waals surface area contributed by atoms with E-state index in [4.69, 9.17) is 9.47 Å². The summed E-state index contributed by atoms with van der Waals surface area (Å²) in [5.74, 6) is -1.39. The first-order valence-corrected chi connectivity index (χ1v) is 8.72. The summed E-state index contributed by atoms with van der Waals surface area (Å²) in [6.45, 7) is 6.39. The zero-order valence-corrected chi connectivity index (χ0v) is 16.3. The lowest BCUT2D eigenvalue weighted by molar-refractivity contribution is 0.0507. The van der Waals surface area contributed by atoms with E-state index in [2.05, 4.69) is 21.2 Å². The quantitative estimate of drug-likeness (QED) is 0.763. The van der Waals surface area contributed by atoms with Gasteiger partial charge in [0.15, 0.2) is 0 Å². The van der Waals surface area contributed by atoms with Crippen LogP contribution in [0.1, 0.15) is 37.6 Å². The van der Waals surface area contributed by atoms with Crippen molar-refractivity contribution >= 4 is 33.7 Å². The number of nitrogens with zero attached hydrogens (tertiary/aromatic N) is 1. The SMILES string of the molecule is COC(=O)c1c(F)cc(Br)cc1N1CCC(NC(=O)OC(C)(C)C)C1. The van der Waals surface area contributed by atoms with Crippen LogP contribution >= 0.6 is 15.9 Å². The molecule has 0 radical (unpaired) electrons. The van der Waals surface area contributed by atoms with Crippen LogP contribution in [0.5, 0.6) is 0 Å². The van der Waals surface area contributed by atoms with Crippen LogP contribution in [0.3, 0.4) is 0 Å². The van der Waals surface area contributed by atoms with Gasteiger partial charge in [-0.25, -0.2) is 14.0 Å². The number of nitrogens with one attached hydrogen (secondary N) is 1. The van der Waals surface area contributed by atoms with Crippen LogP contribution in [0.2, 0.25) is 0 Å². The molecule has 1 heterocycles. The summed E-state index contributed by atoms with van der Waals surface area (Å²) in [6.07, 6.45) is 0.168. The molecular formula is C17H22BrFN2O4. The Labute approximate surface area is 154 Å². The molecule has 2 rings (SSSR count). The van der Waals surface area contributed by atoms with Gasteiger partial charge in [0.1, 0.15) is 17.0 Å². The van der Waals surface area contributed by atoms with Crippen molar-refractivity contribution < 1.29 is 23.5 Å². The Morgan fingerprint density at radius 1 is 1.36 bits per heavy atom. The molecule has 0 bridgehead atoms. The number of esters is 1. The summed E-state index contributed by atoms with van der Waals surface area (Å²) >= 11 is 3.25. The molecule has 8 heteroatoms. The van der Waals surface area contributed by atoms with Crippen LogP contribution in [0.15, 0.2) is 16.6 Å². The molecule has 0 saturated carbocycles. The standard InChI is InChI=1S/C17H22BrFN2O4/c1-17(2,3)25-16(23)20-11-5-6-21(9-11)13-8-10(18)7-12(19)14(13)15(22)24-4/h7-8,11H,5-6,9H2,1-4H3,(H,20,23). The van der Waals surface area contributed by atoms with Gasteiger partial charge in [-0.2, -0.15) is 0 Å². The average molecular weight is 417 g/mol. The second-order valence-corrected chi connectivity index (χ2v) is 7.77. The first-order valence-electron chi connectivity index (χ1n) is 7.92. The minimum Gasteiger partial charge on any atom is -0.465 e. The number of ether oxygens (including phenoxy) is 2. The van der Waals surface area contributed by atoms with Crippen molar-refractivity contribution in [3.05, 3.63) is 28.0 Å². The van der Waals surface area contributed by atoms with E-state index in [1.165, 1.54) is 13.2 Å². The van der Waals surface area contributed by atoms with Crippen molar-refractivity contribution in [3.8, 4) is 0 Å². The maximum absolute atomic E-state index is 14.2. The summed E-state index contributed by atoms with van der Waals surface area (Å²) in [5.41, 5.74) is -0.246.